The summed E-state index contributed by atoms with van der Waals surface area (Å²) in [5.41, 5.74) is 2.87. The average molecular weight is 658 g/mol. The largest absolute Gasteiger partial charge is 0.497 e. The number of aliphatic carboxylic acids is 1. The molecule has 1 aliphatic heterocycles. The molecule has 238 valence electrons. The van der Waals surface area contributed by atoms with Crippen LogP contribution in [-0.2, 0) is 23.3 Å². The van der Waals surface area contributed by atoms with Crippen molar-refractivity contribution < 1.29 is 32.5 Å². The van der Waals surface area contributed by atoms with Crippen molar-refractivity contribution in [3.63, 3.8) is 0 Å². The lowest BCUT2D eigenvalue weighted by atomic mass is 10.1. The van der Waals surface area contributed by atoms with Crippen LogP contribution in [0.25, 0.3) is 10.6 Å². The van der Waals surface area contributed by atoms with Crippen LogP contribution in [0.1, 0.15) is 28.6 Å². The molecule has 3 aromatic carbocycles. The number of thioether (sulfide) groups is 1. The number of anilines is 1. The summed E-state index contributed by atoms with van der Waals surface area (Å²) in [6.45, 7) is 7.43. The fourth-order valence-corrected chi connectivity index (χ4v) is 7.12. The number of carboxylic acid groups (broad SMARTS) is 1. The molecule has 1 N–H and O–H groups in total. The molecule has 1 atom stereocenters. The van der Waals surface area contributed by atoms with Crippen molar-refractivity contribution in [3.05, 3.63) is 88.4 Å². The number of aryl methyl sites for hydroxylation is 1. The maximum Gasteiger partial charge on any atom is 0.416 e. The number of carboxylic acids is 1. The number of benzene rings is 3. The number of aromatic nitrogens is 1. The number of halogens is 3. The molecule has 0 spiro atoms. The van der Waals surface area contributed by atoms with Gasteiger partial charge in [0.15, 0.2) is 6.10 Å². The number of rotatable bonds is 11. The van der Waals surface area contributed by atoms with Gasteiger partial charge in [-0.05, 0) is 74.0 Å². The average Bonchev–Trinajstić information content (AvgIpc) is 3.43. The molecule has 7 nitrogen and oxygen atoms in total. The third kappa shape index (κ3) is 8.30. The lowest BCUT2D eigenvalue weighted by Gasteiger charge is -2.36. The molecule has 0 aliphatic carbocycles. The Morgan fingerprint density at radius 2 is 1.73 bits per heavy atom. The maximum atomic E-state index is 13.2. The zero-order valence-corrected chi connectivity index (χ0v) is 26.8. The third-order valence-electron chi connectivity index (χ3n) is 7.59. The number of alkyl halides is 3. The molecule has 0 saturated carbocycles. The van der Waals surface area contributed by atoms with Gasteiger partial charge < -0.3 is 19.5 Å². The van der Waals surface area contributed by atoms with Crippen LogP contribution in [0.4, 0.5) is 18.9 Å². The van der Waals surface area contributed by atoms with Crippen LogP contribution in [0.3, 0.4) is 0 Å². The quantitative estimate of drug-likeness (QED) is 0.165. The highest BCUT2D eigenvalue weighted by molar-refractivity contribution is 7.98. The topological polar surface area (TPSA) is 75.1 Å². The normalized spacial score (nSPS) is 14.8. The van der Waals surface area contributed by atoms with Gasteiger partial charge in [-0.3, -0.25) is 4.90 Å². The van der Waals surface area contributed by atoms with E-state index in [-0.39, 0.29) is 0 Å². The van der Waals surface area contributed by atoms with Crippen LogP contribution >= 0.6 is 23.1 Å². The minimum Gasteiger partial charge on any atom is -0.497 e. The molecule has 1 aliphatic rings. The number of thiazole rings is 1. The SMILES string of the molecule is COc1ccc(N2CCN(Cc3nc(-c4ccc(C(F)(F)F)cc4)sc3CSc3ccc(OC(C)C(=O)O)c(C)c3)CC2)cc1. The van der Waals surface area contributed by atoms with Gasteiger partial charge in [0, 0.05) is 59.5 Å². The Kier molecular flexibility index (Phi) is 10.3. The summed E-state index contributed by atoms with van der Waals surface area (Å²) in [6, 6.07) is 18.8. The van der Waals surface area contributed by atoms with Gasteiger partial charge in [-0.25, -0.2) is 9.78 Å². The highest BCUT2D eigenvalue weighted by atomic mass is 32.2. The molecule has 1 unspecified atom stereocenters. The maximum absolute atomic E-state index is 13.2. The van der Waals surface area contributed by atoms with Crippen molar-refractivity contribution >= 4 is 34.8 Å². The summed E-state index contributed by atoms with van der Waals surface area (Å²) < 4.78 is 50.3. The van der Waals surface area contributed by atoms with Crippen molar-refractivity contribution in [2.75, 3.05) is 38.2 Å². The lowest BCUT2D eigenvalue weighted by molar-refractivity contribution is -0.144. The Morgan fingerprint density at radius 1 is 1.04 bits per heavy atom. The first-order valence-corrected chi connectivity index (χ1v) is 16.2. The highest BCUT2D eigenvalue weighted by Crippen LogP contribution is 2.37. The number of carbonyl (C=O) groups is 1. The molecule has 12 heteroatoms. The monoisotopic (exact) mass is 657 g/mol. The van der Waals surface area contributed by atoms with Crippen LogP contribution in [0.2, 0.25) is 0 Å². The summed E-state index contributed by atoms with van der Waals surface area (Å²) in [5, 5.41) is 9.85. The summed E-state index contributed by atoms with van der Waals surface area (Å²) in [6.07, 6.45) is -5.35. The fraction of sp³-hybridized carbons (Fsp3) is 0.333. The van der Waals surface area contributed by atoms with E-state index >= 15 is 0 Å². The molecule has 45 heavy (non-hydrogen) atoms. The number of hydrogen-bond acceptors (Lipinski definition) is 8. The van der Waals surface area contributed by atoms with Gasteiger partial charge in [0.2, 0.25) is 0 Å². The minimum absolute atomic E-state index is 0.520. The molecule has 1 fully saturated rings. The van der Waals surface area contributed by atoms with Gasteiger partial charge in [-0.1, -0.05) is 12.1 Å². The van der Waals surface area contributed by atoms with Gasteiger partial charge >= 0.3 is 12.1 Å². The molecule has 0 radical (unpaired) electrons. The van der Waals surface area contributed by atoms with Crippen LogP contribution in [0.15, 0.2) is 71.6 Å². The lowest BCUT2D eigenvalue weighted by Crippen LogP contribution is -2.46. The number of hydrogen-bond donors (Lipinski definition) is 1. The van der Waals surface area contributed by atoms with Crippen LogP contribution in [-0.4, -0.2) is 60.4 Å². The van der Waals surface area contributed by atoms with Crippen LogP contribution in [0.5, 0.6) is 11.5 Å². The van der Waals surface area contributed by atoms with Crippen LogP contribution in [0, 0.1) is 6.92 Å². The predicted molar refractivity (Wildman–Crippen MR) is 172 cm³/mol. The number of piperazine rings is 1. The first-order chi connectivity index (χ1) is 21.5. The van der Waals surface area contributed by atoms with Crippen molar-refractivity contribution in [2.24, 2.45) is 0 Å². The molecular weight excluding hydrogens is 624 g/mol. The summed E-state index contributed by atoms with van der Waals surface area (Å²) in [4.78, 5) is 22.9. The van der Waals surface area contributed by atoms with Crippen LogP contribution < -0.4 is 14.4 Å². The molecule has 4 aromatic rings. The van der Waals surface area contributed by atoms with Crippen molar-refractivity contribution in [1.82, 2.24) is 9.88 Å². The summed E-state index contributed by atoms with van der Waals surface area (Å²) >= 11 is 3.13. The fourth-order valence-electron chi connectivity index (χ4n) is 4.95. The van der Waals surface area contributed by atoms with Crippen molar-refractivity contribution in [2.45, 2.75) is 43.3 Å². The molecule has 5 rings (SSSR count). The second kappa shape index (κ2) is 14.1. The molecule has 1 aromatic heterocycles. The second-order valence-electron chi connectivity index (χ2n) is 10.7. The first-order valence-electron chi connectivity index (χ1n) is 14.4. The Bertz CT molecular complexity index is 1600. The van der Waals surface area contributed by atoms with E-state index in [0.717, 1.165) is 70.8 Å². The molecule has 0 amide bonds. The molecular formula is C33H34F3N3O4S2. The second-order valence-corrected chi connectivity index (χ2v) is 12.9. The van der Waals surface area contributed by atoms with E-state index < -0.39 is 23.8 Å². The zero-order valence-electron chi connectivity index (χ0n) is 25.1. The molecule has 0 bridgehead atoms. The third-order valence-corrected chi connectivity index (χ3v) is 9.94. The minimum atomic E-state index is -4.40. The number of ether oxygens (including phenoxy) is 2. The van der Waals surface area contributed by atoms with Gasteiger partial charge in [-0.2, -0.15) is 13.2 Å². The van der Waals surface area contributed by atoms with Crippen molar-refractivity contribution in [3.8, 4) is 22.1 Å². The predicted octanol–water partition coefficient (Wildman–Crippen LogP) is 7.61. The standard InChI is InChI=1S/C33H34F3N3O4S2/c1-21-18-27(12-13-29(21)43-22(2)32(40)41)44-20-30-28(37-31(45-30)23-4-6-24(7-5-23)33(34,35)36)19-38-14-16-39(17-15-38)25-8-10-26(42-3)11-9-25/h4-13,18,22H,14-17,19-20H2,1-3H3,(H,40,41). The smallest absolute Gasteiger partial charge is 0.416 e. The molecule has 1 saturated heterocycles. The van der Waals surface area contributed by atoms with E-state index in [9.17, 15) is 18.0 Å². The van der Waals surface area contributed by atoms with Gasteiger partial charge in [-0.15, -0.1) is 23.1 Å². The summed E-state index contributed by atoms with van der Waals surface area (Å²) in [7, 11) is 1.65. The van der Waals surface area contributed by atoms with E-state index in [0.29, 0.717) is 28.6 Å². The molecule has 2 heterocycles. The van der Waals surface area contributed by atoms with E-state index in [2.05, 4.69) is 21.9 Å². The van der Waals surface area contributed by atoms with Gasteiger partial charge in [0.05, 0.1) is 18.4 Å². The Labute approximate surface area is 268 Å². The van der Waals surface area contributed by atoms with Crippen molar-refractivity contribution in [1.29, 1.82) is 0 Å². The Hall–Kier alpha value is -3.74. The number of nitrogens with zero attached hydrogens (tertiary/aromatic N) is 3. The number of methoxy groups -OCH3 is 1. The zero-order chi connectivity index (χ0) is 32.1. The highest BCUT2D eigenvalue weighted by Gasteiger charge is 2.30. The van der Waals surface area contributed by atoms with E-state index in [1.165, 1.54) is 30.4 Å². The van der Waals surface area contributed by atoms with Gasteiger partial charge in [0.1, 0.15) is 16.5 Å². The Balaban J connectivity index is 1.31. The van der Waals surface area contributed by atoms with E-state index in [1.807, 2.05) is 31.2 Å². The van der Waals surface area contributed by atoms with E-state index in [1.54, 1.807) is 24.9 Å². The van der Waals surface area contributed by atoms with Gasteiger partial charge in [0.25, 0.3) is 0 Å². The summed E-state index contributed by atoms with van der Waals surface area (Å²) in [5.74, 6) is 0.940. The first kappa shape index (κ1) is 32.6. The Morgan fingerprint density at radius 3 is 2.33 bits per heavy atom. The van der Waals surface area contributed by atoms with E-state index in [4.69, 9.17) is 19.6 Å².